The summed E-state index contributed by atoms with van der Waals surface area (Å²) in [4.78, 5) is 0. The molecule has 0 spiro atoms. The van der Waals surface area contributed by atoms with Gasteiger partial charge in [-0.15, -0.1) is 0 Å². The highest BCUT2D eigenvalue weighted by molar-refractivity contribution is 5.22. The summed E-state index contributed by atoms with van der Waals surface area (Å²) in [5, 5.41) is 3.48. The summed E-state index contributed by atoms with van der Waals surface area (Å²) in [6, 6.07) is 6.53. The SMILES string of the molecule is CCCNC(COc1cccc(F)c1)C(C)(C)C. The van der Waals surface area contributed by atoms with Crippen molar-refractivity contribution in [3.05, 3.63) is 30.1 Å². The van der Waals surface area contributed by atoms with Crippen molar-refractivity contribution in [3.8, 4) is 5.75 Å². The first-order valence-corrected chi connectivity index (χ1v) is 6.55. The molecule has 0 fully saturated rings. The summed E-state index contributed by atoms with van der Waals surface area (Å²) in [5.41, 5.74) is 0.114. The predicted octanol–water partition coefficient (Wildman–Crippen LogP) is 3.62. The maximum absolute atomic E-state index is 13.0. The van der Waals surface area contributed by atoms with E-state index in [-0.39, 0.29) is 17.3 Å². The van der Waals surface area contributed by atoms with E-state index >= 15 is 0 Å². The lowest BCUT2D eigenvalue weighted by Gasteiger charge is -2.31. The Morgan fingerprint density at radius 3 is 2.61 bits per heavy atom. The minimum atomic E-state index is -0.263. The fourth-order valence-corrected chi connectivity index (χ4v) is 1.67. The Hall–Kier alpha value is -1.09. The standard InChI is InChI=1S/C15H24FNO/c1-5-9-17-14(15(2,3)4)11-18-13-8-6-7-12(16)10-13/h6-8,10,14,17H,5,9,11H2,1-4H3. The van der Waals surface area contributed by atoms with E-state index in [0.29, 0.717) is 12.4 Å². The van der Waals surface area contributed by atoms with Gasteiger partial charge >= 0.3 is 0 Å². The van der Waals surface area contributed by atoms with Gasteiger partial charge in [-0.1, -0.05) is 33.8 Å². The molecule has 1 aromatic rings. The van der Waals surface area contributed by atoms with E-state index in [4.69, 9.17) is 4.74 Å². The van der Waals surface area contributed by atoms with Gasteiger partial charge in [-0.25, -0.2) is 4.39 Å². The molecule has 18 heavy (non-hydrogen) atoms. The highest BCUT2D eigenvalue weighted by atomic mass is 19.1. The van der Waals surface area contributed by atoms with Crippen LogP contribution in [-0.4, -0.2) is 19.2 Å². The molecule has 0 saturated heterocycles. The maximum atomic E-state index is 13.0. The van der Waals surface area contributed by atoms with E-state index in [1.54, 1.807) is 12.1 Å². The molecule has 1 unspecified atom stereocenters. The number of halogens is 1. The normalized spacial score (nSPS) is 13.4. The molecule has 0 aromatic heterocycles. The monoisotopic (exact) mass is 253 g/mol. The Kier molecular flexibility index (Phi) is 5.60. The molecule has 0 aliphatic heterocycles. The van der Waals surface area contributed by atoms with Crippen LogP contribution in [0.25, 0.3) is 0 Å². The Labute approximate surface area is 110 Å². The van der Waals surface area contributed by atoms with E-state index < -0.39 is 0 Å². The van der Waals surface area contributed by atoms with Crippen molar-refractivity contribution < 1.29 is 9.13 Å². The minimum Gasteiger partial charge on any atom is -0.492 e. The second-order valence-electron chi connectivity index (χ2n) is 5.64. The lowest BCUT2D eigenvalue weighted by Crippen LogP contribution is -2.45. The molecule has 0 saturated carbocycles. The molecule has 0 bridgehead atoms. The van der Waals surface area contributed by atoms with Gasteiger partial charge in [-0.2, -0.15) is 0 Å². The minimum absolute atomic E-state index is 0.114. The Bertz CT molecular complexity index is 360. The number of hydrogen-bond acceptors (Lipinski definition) is 2. The Morgan fingerprint density at radius 1 is 1.33 bits per heavy atom. The first kappa shape index (κ1) is 15.0. The maximum Gasteiger partial charge on any atom is 0.126 e. The van der Waals surface area contributed by atoms with Crippen molar-refractivity contribution in [2.45, 2.75) is 40.2 Å². The van der Waals surface area contributed by atoms with Crippen molar-refractivity contribution in [3.63, 3.8) is 0 Å². The third-order valence-electron chi connectivity index (χ3n) is 2.90. The van der Waals surface area contributed by atoms with Crippen LogP contribution in [0.1, 0.15) is 34.1 Å². The first-order chi connectivity index (χ1) is 8.43. The quantitative estimate of drug-likeness (QED) is 0.836. The van der Waals surface area contributed by atoms with Crippen LogP contribution in [0.5, 0.6) is 5.75 Å². The molecule has 0 aliphatic carbocycles. The topological polar surface area (TPSA) is 21.3 Å². The lowest BCUT2D eigenvalue weighted by atomic mass is 9.87. The molecule has 0 heterocycles. The fourth-order valence-electron chi connectivity index (χ4n) is 1.67. The average Bonchev–Trinajstić information content (AvgIpc) is 2.27. The third-order valence-corrected chi connectivity index (χ3v) is 2.90. The van der Waals surface area contributed by atoms with Crippen molar-refractivity contribution in [2.75, 3.05) is 13.2 Å². The van der Waals surface area contributed by atoms with Gasteiger partial charge in [-0.05, 0) is 30.5 Å². The van der Waals surface area contributed by atoms with Crippen LogP contribution in [0.15, 0.2) is 24.3 Å². The van der Waals surface area contributed by atoms with Crippen LogP contribution in [-0.2, 0) is 0 Å². The molecule has 1 rings (SSSR count). The van der Waals surface area contributed by atoms with Gasteiger partial charge in [0.1, 0.15) is 18.2 Å². The summed E-state index contributed by atoms with van der Waals surface area (Å²) in [6.45, 7) is 10.2. The summed E-state index contributed by atoms with van der Waals surface area (Å²) in [7, 11) is 0. The van der Waals surface area contributed by atoms with E-state index in [1.807, 2.05) is 0 Å². The number of rotatable bonds is 6. The van der Waals surface area contributed by atoms with E-state index in [0.717, 1.165) is 13.0 Å². The van der Waals surface area contributed by atoms with Gasteiger partial charge in [0.05, 0.1) is 0 Å². The van der Waals surface area contributed by atoms with Crippen molar-refractivity contribution in [1.29, 1.82) is 0 Å². The Morgan fingerprint density at radius 2 is 2.06 bits per heavy atom. The van der Waals surface area contributed by atoms with Crippen LogP contribution in [0.4, 0.5) is 4.39 Å². The van der Waals surface area contributed by atoms with Gasteiger partial charge in [0, 0.05) is 12.1 Å². The molecule has 1 atom stereocenters. The second-order valence-corrected chi connectivity index (χ2v) is 5.64. The predicted molar refractivity (Wildman–Crippen MR) is 73.4 cm³/mol. The van der Waals surface area contributed by atoms with E-state index in [1.165, 1.54) is 12.1 Å². The highest BCUT2D eigenvalue weighted by Gasteiger charge is 2.24. The van der Waals surface area contributed by atoms with E-state index in [9.17, 15) is 4.39 Å². The van der Waals surface area contributed by atoms with Crippen LogP contribution in [0.3, 0.4) is 0 Å². The first-order valence-electron chi connectivity index (χ1n) is 6.55. The lowest BCUT2D eigenvalue weighted by molar-refractivity contribution is 0.174. The number of hydrogen-bond donors (Lipinski definition) is 1. The summed E-state index contributed by atoms with van der Waals surface area (Å²) in [6.07, 6.45) is 1.09. The average molecular weight is 253 g/mol. The largest absolute Gasteiger partial charge is 0.492 e. The molecule has 102 valence electrons. The van der Waals surface area contributed by atoms with Crippen LogP contribution >= 0.6 is 0 Å². The molecular weight excluding hydrogens is 229 g/mol. The molecule has 0 radical (unpaired) electrons. The molecule has 0 amide bonds. The van der Waals surface area contributed by atoms with Gasteiger partial charge in [0.2, 0.25) is 0 Å². The number of benzene rings is 1. The van der Waals surface area contributed by atoms with Crippen LogP contribution < -0.4 is 10.1 Å². The molecule has 3 heteroatoms. The second kappa shape index (κ2) is 6.74. The summed E-state index contributed by atoms with van der Waals surface area (Å²) in [5.74, 6) is 0.323. The van der Waals surface area contributed by atoms with Gasteiger partial charge in [0.15, 0.2) is 0 Å². The molecular formula is C15H24FNO. The van der Waals surface area contributed by atoms with Gasteiger partial charge in [0.25, 0.3) is 0 Å². The highest BCUT2D eigenvalue weighted by Crippen LogP contribution is 2.21. The van der Waals surface area contributed by atoms with Gasteiger partial charge in [-0.3, -0.25) is 0 Å². The van der Waals surface area contributed by atoms with Crippen molar-refractivity contribution in [2.24, 2.45) is 5.41 Å². The number of nitrogens with one attached hydrogen (secondary N) is 1. The molecule has 1 aromatic carbocycles. The molecule has 1 N–H and O–H groups in total. The zero-order chi connectivity index (χ0) is 13.6. The smallest absolute Gasteiger partial charge is 0.126 e. The summed E-state index contributed by atoms with van der Waals surface area (Å²) < 4.78 is 18.7. The third kappa shape index (κ3) is 5.05. The zero-order valence-corrected chi connectivity index (χ0v) is 11.8. The Balaban J connectivity index is 2.56. The van der Waals surface area contributed by atoms with Crippen LogP contribution in [0, 0.1) is 11.2 Å². The van der Waals surface area contributed by atoms with Crippen molar-refractivity contribution in [1.82, 2.24) is 5.32 Å². The number of ether oxygens (including phenoxy) is 1. The molecule has 0 aliphatic rings. The fraction of sp³-hybridized carbons (Fsp3) is 0.600. The zero-order valence-electron chi connectivity index (χ0n) is 11.8. The molecule has 2 nitrogen and oxygen atoms in total. The summed E-state index contributed by atoms with van der Waals surface area (Å²) >= 11 is 0. The van der Waals surface area contributed by atoms with Crippen molar-refractivity contribution >= 4 is 0 Å². The van der Waals surface area contributed by atoms with Crippen LogP contribution in [0.2, 0.25) is 0 Å². The van der Waals surface area contributed by atoms with Gasteiger partial charge < -0.3 is 10.1 Å². The van der Waals surface area contributed by atoms with E-state index in [2.05, 4.69) is 33.0 Å².